The number of hydrogen-bond donors (Lipinski definition) is 2. The Morgan fingerprint density at radius 1 is 1.14 bits per heavy atom. The van der Waals surface area contributed by atoms with Gasteiger partial charge in [-0.3, -0.25) is 20.4 Å². The van der Waals surface area contributed by atoms with E-state index in [9.17, 15) is 9.59 Å². The number of aromatic nitrogens is 1. The normalized spacial score (nSPS) is 9.91. The van der Waals surface area contributed by atoms with Crippen LogP contribution in [0.25, 0.3) is 0 Å². The Kier molecular flexibility index (Phi) is 5.32. The third kappa shape index (κ3) is 3.95. The highest BCUT2D eigenvalue weighted by atomic mass is 35.5. The molecule has 0 atom stereocenters. The summed E-state index contributed by atoms with van der Waals surface area (Å²) in [5, 5.41) is 0.525. The van der Waals surface area contributed by atoms with Crippen LogP contribution in [-0.4, -0.2) is 23.4 Å². The fourth-order valence-corrected chi connectivity index (χ4v) is 1.80. The highest BCUT2D eigenvalue weighted by molar-refractivity contribution is 6.30. The number of ether oxygens (including phenoxy) is 1. The molecule has 0 radical (unpaired) electrons. The molecule has 22 heavy (non-hydrogen) atoms. The Labute approximate surface area is 132 Å². The van der Waals surface area contributed by atoms with Gasteiger partial charge in [0, 0.05) is 16.8 Å². The topological polar surface area (TPSA) is 80.3 Å². The number of benzene rings is 1. The second kappa shape index (κ2) is 7.42. The van der Waals surface area contributed by atoms with Crippen molar-refractivity contribution in [2.24, 2.45) is 0 Å². The first-order valence-electron chi connectivity index (χ1n) is 6.56. The van der Waals surface area contributed by atoms with Crippen LogP contribution in [-0.2, 0) is 0 Å². The van der Waals surface area contributed by atoms with Crippen LogP contribution < -0.4 is 15.6 Å². The van der Waals surface area contributed by atoms with Crippen molar-refractivity contribution in [3.05, 3.63) is 58.7 Å². The van der Waals surface area contributed by atoms with Crippen molar-refractivity contribution in [2.75, 3.05) is 6.61 Å². The summed E-state index contributed by atoms with van der Waals surface area (Å²) in [6.45, 7) is 2.17. The van der Waals surface area contributed by atoms with Gasteiger partial charge in [-0.2, -0.15) is 0 Å². The highest BCUT2D eigenvalue weighted by Gasteiger charge is 2.14. The zero-order valence-corrected chi connectivity index (χ0v) is 12.6. The molecule has 114 valence electrons. The molecule has 0 fully saturated rings. The Morgan fingerprint density at radius 2 is 1.82 bits per heavy atom. The van der Waals surface area contributed by atoms with Crippen molar-refractivity contribution in [1.82, 2.24) is 15.8 Å². The van der Waals surface area contributed by atoms with Crippen LogP contribution in [0.5, 0.6) is 5.88 Å². The number of pyridine rings is 1. The number of nitrogens with zero attached hydrogens (tertiary/aromatic N) is 1. The molecule has 6 nitrogen and oxygen atoms in total. The molecule has 0 unspecified atom stereocenters. The standard InChI is InChI=1S/C15H14ClN3O3/c1-2-22-15-12(4-3-9-17-15)14(21)19-18-13(20)10-5-7-11(16)8-6-10/h3-9H,2H2,1H3,(H,18,20)(H,19,21). The van der Waals surface area contributed by atoms with Crippen LogP contribution in [0, 0.1) is 0 Å². The zero-order chi connectivity index (χ0) is 15.9. The predicted molar refractivity (Wildman–Crippen MR) is 81.8 cm³/mol. The van der Waals surface area contributed by atoms with Crippen LogP contribution in [0.15, 0.2) is 42.6 Å². The second-order valence-corrected chi connectivity index (χ2v) is 4.64. The minimum atomic E-state index is -0.515. The summed E-state index contributed by atoms with van der Waals surface area (Å²) in [7, 11) is 0. The SMILES string of the molecule is CCOc1ncccc1C(=O)NNC(=O)c1ccc(Cl)cc1. The van der Waals surface area contributed by atoms with Crippen molar-refractivity contribution < 1.29 is 14.3 Å². The number of amides is 2. The Morgan fingerprint density at radius 3 is 2.50 bits per heavy atom. The monoisotopic (exact) mass is 319 g/mol. The molecule has 2 rings (SSSR count). The van der Waals surface area contributed by atoms with E-state index in [1.54, 1.807) is 43.3 Å². The zero-order valence-electron chi connectivity index (χ0n) is 11.8. The summed E-state index contributed by atoms with van der Waals surface area (Å²) in [6.07, 6.45) is 1.52. The van der Waals surface area contributed by atoms with E-state index in [1.165, 1.54) is 6.20 Å². The Hall–Kier alpha value is -2.60. The maximum absolute atomic E-state index is 12.1. The molecular weight excluding hydrogens is 306 g/mol. The smallest absolute Gasteiger partial charge is 0.275 e. The average Bonchev–Trinajstić information content (AvgIpc) is 2.54. The van der Waals surface area contributed by atoms with Crippen LogP contribution in [0.1, 0.15) is 27.6 Å². The third-order valence-corrected chi connectivity index (χ3v) is 2.94. The molecule has 0 aliphatic heterocycles. The van der Waals surface area contributed by atoms with Crippen molar-refractivity contribution in [3.8, 4) is 5.88 Å². The van der Waals surface area contributed by atoms with Gasteiger partial charge < -0.3 is 4.74 Å². The summed E-state index contributed by atoms with van der Waals surface area (Å²) >= 11 is 5.75. The van der Waals surface area contributed by atoms with Crippen LogP contribution >= 0.6 is 11.6 Å². The molecule has 7 heteroatoms. The fraction of sp³-hybridized carbons (Fsp3) is 0.133. The van der Waals surface area contributed by atoms with Crippen molar-refractivity contribution in [2.45, 2.75) is 6.92 Å². The lowest BCUT2D eigenvalue weighted by molar-refractivity contribution is 0.0844. The van der Waals surface area contributed by atoms with Gasteiger partial charge in [0.1, 0.15) is 5.56 Å². The first-order valence-corrected chi connectivity index (χ1v) is 6.93. The van der Waals surface area contributed by atoms with Crippen LogP contribution in [0.4, 0.5) is 0 Å². The van der Waals surface area contributed by atoms with E-state index >= 15 is 0 Å². The van der Waals surface area contributed by atoms with Crippen LogP contribution in [0.3, 0.4) is 0 Å². The van der Waals surface area contributed by atoms with Gasteiger partial charge in [0.05, 0.1) is 6.61 Å². The summed E-state index contributed by atoms with van der Waals surface area (Å²) in [5.41, 5.74) is 5.25. The highest BCUT2D eigenvalue weighted by Crippen LogP contribution is 2.13. The molecule has 0 aliphatic carbocycles. The second-order valence-electron chi connectivity index (χ2n) is 4.20. The molecule has 2 N–H and O–H groups in total. The molecule has 2 amide bonds. The molecule has 0 aliphatic rings. The predicted octanol–water partition coefficient (Wildman–Crippen LogP) is 2.21. The number of hydrogen-bond acceptors (Lipinski definition) is 4. The van der Waals surface area contributed by atoms with Gasteiger partial charge in [0.2, 0.25) is 5.88 Å². The third-order valence-electron chi connectivity index (χ3n) is 2.69. The average molecular weight is 320 g/mol. The number of halogens is 1. The number of hydrazine groups is 1. The van der Waals surface area contributed by atoms with Gasteiger partial charge in [-0.25, -0.2) is 4.98 Å². The number of carbonyl (C=O) groups excluding carboxylic acids is 2. The lowest BCUT2D eigenvalue weighted by Crippen LogP contribution is -2.41. The van der Waals surface area contributed by atoms with E-state index in [0.717, 1.165) is 0 Å². The Bertz CT molecular complexity index is 674. The van der Waals surface area contributed by atoms with E-state index in [-0.39, 0.29) is 11.4 Å². The molecule has 0 bridgehead atoms. The minimum Gasteiger partial charge on any atom is -0.477 e. The maximum atomic E-state index is 12.1. The van der Waals surface area contributed by atoms with Crippen molar-refractivity contribution in [3.63, 3.8) is 0 Å². The first kappa shape index (κ1) is 15.8. The fourth-order valence-electron chi connectivity index (χ4n) is 1.67. The van der Waals surface area contributed by atoms with E-state index in [1.807, 2.05) is 0 Å². The quantitative estimate of drug-likeness (QED) is 0.847. The van der Waals surface area contributed by atoms with Crippen molar-refractivity contribution in [1.29, 1.82) is 0 Å². The number of carbonyl (C=O) groups is 2. The Balaban J connectivity index is 2.01. The number of nitrogens with one attached hydrogen (secondary N) is 2. The molecule has 0 saturated carbocycles. The van der Waals surface area contributed by atoms with Gasteiger partial charge in [-0.1, -0.05) is 11.6 Å². The largest absolute Gasteiger partial charge is 0.477 e. The summed E-state index contributed by atoms with van der Waals surface area (Å²) in [4.78, 5) is 27.9. The van der Waals surface area contributed by atoms with Gasteiger partial charge >= 0.3 is 0 Å². The van der Waals surface area contributed by atoms with Crippen LogP contribution in [0.2, 0.25) is 5.02 Å². The van der Waals surface area contributed by atoms with Gasteiger partial charge in [-0.05, 0) is 43.3 Å². The van der Waals surface area contributed by atoms with Crippen molar-refractivity contribution >= 4 is 23.4 Å². The first-order chi connectivity index (χ1) is 10.6. The van der Waals surface area contributed by atoms with Gasteiger partial charge in [0.15, 0.2) is 0 Å². The molecule has 0 spiro atoms. The lowest BCUT2D eigenvalue weighted by Gasteiger charge is -2.10. The number of rotatable bonds is 4. The minimum absolute atomic E-state index is 0.211. The molecule has 1 heterocycles. The van der Waals surface area contributed by atoms with Gasteiger partial charge in [0.25, 0.3) is 11.8 Å². The van der Waals surface area contributed by atoms with E-state index in [4.69, 9.17) is 16.3 Å². The summed E-state index contributed by atoms with van der Waals surface area (Å²) < 4.78 is 5.26. The summed E-state index contributed by atoms with van der Waals surface area (Å²) in [6, 6.07) is 9.46. The van der Waals surface area contributed by atoms with E-state index in [0.29, 0.717) is 17.2 Å². The lowest BCUT2D eigenvalue weighted by atomic mass is 10.2. The summed E-state index contributed by atoms with van der Waals surface area (Å²) in [5.74, 6) is -0.756. The molecule has 0 saturated heterocycles. The van der Waals surface area contributed by atoms with E-state index in [2.05, 4.69) is 15.8 Å². The molecule has 2 aromatic rings. The molecular formula is C15H14ClN3O3. The van der Waals surface area contributed by atoms with E-state index < -0.39 is 11.8 Å². The van der Waals surface area contributed by atoms with Gasteiger partial charge in [-0.15, -0.1) is 0 Å². The molecule has 1 aromatic carbocycles. The maximum Gasteiger partial charge on any atom is 0.275 e. The molecule has 1 aromatic heterocycles.